The first kappa shape index (κ1) is 64.8. The van der Waals surface area contributed by atoms with Gasteiger partial charge in [-0.3, -0.25) is 14.4 Å². The fraction of sp³-hybridized carbons (Fsp3) is 0.516. The molecule has 0 amide bonds. The maximum Gasteiger partial charge on any atom is 0.306 e. The summed E-state index contributed by atoms with van der Waals surface area (Å²) in [6, 6.07) is 0. The first-order valence-electron chi connectivity index (χ1n) is 27.1. The van der Waals surface area contributed by atoms with Gasteiger partial charge in [-0.25, -0.2) is 0 Å². The Balaban J connectivity index is 4.67. The van der Waals surface area contributed by atoms with E-state index >= 15 is 0 Å². The minimum Gasteiger partial charge on any atom is -0.462 e. The second-order valence-corrected chi connectivity index (χ2v) is 17.0. The van der Waals surface area contributed by atoms with E-state index in [1.165, 1.54) is 25.7 Å². The average Bonchev–Trinajstić information content (AvgIpc) is 3.36. The van der Waals surface area contributed by atoms with Crippen LogP contribution < -0.4 is 0 Å². The number of carbonyl (C=O) groups excluding carboxylic acids is 3. The normalized spacial score (nSPS) is 13.5. The van der Waals surface area contributed by atoms with Crippen LogP contribution in [0.4, 0.5) is 0 Å². The first-order valence-corrected chi connectivity index (χ1v) is 27.1. The molecular weight excluding hydrogens is 865 g/mol. The Hall–Kier alpha value is -5.23. The van der Waals surface area contributed by atoms with E-state index in [0.29, 0.717) is 19.3 Å². The number of hydrogen-bond donors (Lipinski definition) is 0. The zero-order valence-corrected chi connectivity index (χ0v) is 44.2. The van der Waals surface area contributed by atoms with Crippen molar-refractivity contribution < 1.29 is 28.6 Å². The molecule has 70 heavy (non-hydrogen) atoms. The standard InChI is InChI=1S/C64H96O6/c1-4-7-10-13-16-19-22-25-28-30-32-34-36-39-42-45-48-51-54-57-63(66)69-60-61(59-68-62(65)56-53-50-47-44-41-38-27-24-21-18-15-12-9-6-3)70-64(67)58-55-52-49-46-43-40-37-35-33-31-29-26-23-20-17-14-11-8-5-2/h7-12,16-21,25-26,28-29,32-35,39-40,42-43,48-49,51-52,61H,4-6,13-15,22-24,27,30-31,36-38,41,44-47,50,53-60H2,1-3H3/b10-7-,11-8-,12-9-,19-16-,20-17-,21-18-,28-25-,29-26-,34-32-,35-33-,42-39-,43-40-,51-48-,52-49-. The Bertz CT molecular complexity index is 1670. The van der Waals surface area contributed by atoms with Crippen LogP contribution in [0.15, 0.2) is 170 Å². The molecule has 0 aromatic heterocycles. The Kier molecular flexibility index (Phi) is 52.1. The summed E-state index contributed by atoms with van der Waals surface area (Å²) in [7, 11) is 0. The van der Waals surface area contributed by atoms with Crippen molar-refractivity contribution in [2.45, 2.75) is 200 Å². The Labute approximate surface area is 428 Å². The molecule has 0 saturated carbocycles. The smallest absolute Gasteiger partial charge is 0.306 e. The van der Waals surface area contributed by atoms with E-state index in [2.05, 4.69) is 167 Å². The van der Waals surface area contributed by atoms with Crippen molar-refractivity contribution in [2.75, 3.05) is 13.2 Å². The molecule has 0 radical (unpaired) electrons. The van der Waals surface area contributed by atoms with Crippen LogP contribution >= 0.6 is 0 Å². The van der Waals surface area contributed by atoms with Gasteiger partial charge in [-0.05, 0) is 122 Å². The number of allylic oxidation sites excluding steroid dienone is 28. The molecule has 0 fully saturated rings. The zero-order valence-electron chi connectivity index (χ0n) is 44.2. The highest BCUT2D eigenvalue weighted by Crippen LogP contribution is 2.12. The van der Waals surface area contributed by atoms with Gasteiger partial charge in [0.2, 0.25) is 0 Å². The molecule has 0 spiro atoms. The molecule has 0 aliphatic heterocycles. The van der Waals surface area contributed by atoms with Crippen LogP contribution in [-0.2, 0) is 28.6 Å². The number of ether oxygens (including phenoxy) is 3. The van der Waals surface area contributed by atoms with E-state index in [0.717, 1.165) is 116 Å². The van der Waals surface area contributed by atoms with Crippen LogP contribution in [0.3, 0.4) is 0 Å². The van der Waals surface area contributed by atoms with Crippen molar-refractivity contribution in [3.8, 4) is 0 Å². The monoisotopic (exact) mass is 961 g/mol. The van der Waals surface area contributed by atoms with Crippen molar-refractivity contribution in [3.05, 3.63) is 170 Å². The average molecular weight is 961 g/mol. The first-order chi connectivity index (χ1) is 34.5. The van der Waals surface area contributed by atoms with Gasteiger partial charge in [0, 0.05) is 19.3 Å². The lowest BCUT2D eigenvalue weighted by Gasteiger charge is -2.18. The van der Waals surface area contributed by atoms with Crippen molar-refractivity contribution in [1.82, 2.24) is 0 Å². The zero-order chi connectivity index (χ0) is 50.7. The minimum absolute atomic E-state index is 0.145. The lowest BCUT2D eigenvalue weighted by Crippen LogP contribution is -2.30. The van der Waals surface area contributed by atoms with Crippen molar-refractivity contribution in [1.29, 1.82) is 0 Å². The molecule has 0 saturated heterocycles. The summed E-state index contributed by atoms with van der Waals surface area (Å²) in [5, 5.41) is 0. The number of rotatable bonds is 46. The summed E-state index contributed by atoms with van der Waals surface area (Å²) in [6.45, 7) is 6.14. The Morgan fingerprint density at radius 1 is 0.286 bits per heavy atom. The number of hydrogen-bond acceptors (Lipinski definition) is 6. The molecule has 6 nitrogen and oxygen atoms in total. The summed E-state index contributed by atoms with van der Waals surface area (Å²) >= 11 is 0. The third-order valence-corrected chi connectivity index (χ3v) is 10.5. The molecule has 0 aliphatic carbocycles. The number of esters is 3. The third kappa shape index (κ3) is 53.7. The molecule has 0 aromatic rings. The lowest BCUT2D eigenvalue weighted by atomic mass is 10.1. The summed E-state index contributed by atoms with van der Waals surface area (Å²) in [5.74, 6) is -1.14. The van der Waals surface area contributed by atoms with E-state index in [9.17, 15) is 14.4 Å². The second-order valence-electron chi connectivity index (χ2n) is 17.0. The molecular formula is C64H96O6. The van der Waals surface area contributed by atoms with Gasteiger partial charge in [-0.2, -0.15) is 0 Å². The fourth-order valence-corrected chi connectivity index (χ4v) is 6.53. The highest BCUT2D eigenvalue weighted by molar-refractivity contribution is 5.71. The lowest BCUT2D eigenvalue weighted by molar-refractivity contribution is -0.166. The van der Waals surface area contributed by atoms with Gasteiger partial charge >= 0.3 is 17.9 Å². The van der Waals surface area contributed by atoms with Crippen LogP contribution in [0.1, 0.15) is 194 Å². The second kappa shape index (κ2) is 56.4. The van der Waals surface area contributed by atoms with Gasteiger partial charge in [0.15, 0.2) is 6.10 Å². The molecule has 0 aromatic carbocycles. The highest BCUT2D eigenvalue weighted by Gasteiger charge is 2.19. The SMILES string of the molecule is CC/C=C\C/C=C\C/C=C\C/C=C\C/C=C\C/C=C\CCC(=O)OCC(COC(=O)CCCCCCCCC/C=C\C/C=C\CC)OC(=O)CC/C=C\C/C=C\C/C=C\C/C=C\C/C=C\C/C=C\CC. The Morgan fingerprint density at radius 3 is 0.886 bits per heavy atom. The van der Waals surface area contributed by atoms with Crippen LogP contribution in [0.25, 0.3) is 0 Å². The van der Waals surface area contributed by atoms with Crippen molar-refractivity contribution in [3.63, 3.8) is 0 Å². The van der Waals surface area contributed by atoms with Gasteiger partial charge in [0.25, 0.3) is 0 Å². The summed E-state index contributed by atoms with van der Waals surface area (Å²) < 4.78 is 16.7. The predicted octanol–water partition coefficient (Wildman–Crippen LogP) is 18.4. The van der Waals surface area contributed by atoms with Crippen LogP contribution in [-0.4, -0.2) is 37.2 Å². The van der Waals surface area contributed by atoms with E-state index in [-0.39, 0.29) is 38.0 Å². The van der Waals surface area contributed by atoms with Crippen molar-refractivity contribution >= 4 is 17.9 Å². The summed E-state index contributed by atoms with van der Waals surface area (Å²) in [6.07, 6.45) is 83.6. The van der Waals surface area contributed by atoms with Crippen LogP contribution in [0.5, 0.6) is 0 Å². The maximum atomic E-state index is 12.8. The minimum atomic E-state index is -0.862. The maximum absolute atomic E-state index is 12.8. The van der Waals surface area contributed by atoms with E-state index in [4.69, 9.17) is 14.2 Å². The van der Waals surface area contributed by atoms with Gasteiger partial charge in [0.1, 0.15) is 13.2 Å². The van der Waals surface area contributed by atoms with Crippen molar-refractivity contribution in [2.24, 2.45) is 0 Å². The van der Waals surface area contributed by atoms with E-state index < -0.39 is 12.1 Å². The van der Waals surface area contributed by atoms with Crippen LogP contribution in [0, 0.1) is 0 Å². The van der Waals surface area contributed by atoms with Gasteiger partial charge in [-0.1, -0.05) is 223 Å². The highest BCUT2D eigenvalue weighted by atomic mass is 16.6. The van der Waals surface area contributed by atoms with Gasteiger partial charge in [-0.15, -0.1) is 0 Å². The van der Waals surface area contributed by atoms with Crippen LogP contribution in [0.2, 0.25) is 0 Å². The third-order valence-electron chi connectivity index (χ3n) is 10.5. The van der Waals surface area contributed by atoms with Gasteiger partial charge < -0.3 is 14.2 Å². The largest absolute Gasteiger partial charge is 0.462 e. The molecule has 1 unspecified atom stereocenters. The summed E-state index contributed by atoms with van der Waals surface area (Å²) in [4.78, 5) is 38.0. The molecule has 0 rings (SSSR count). The predicted molar refractivity (Wildman–Crippen MR) is 301 cm³/mol. The van der Waals surface area contributed by atoms with E-state index in [1.807, 2.05) is 24.3 Å². The molecule has 1 atom stereocenters. The molecule has 6 heteroatoms. The fourth-order valence-electron chi connectivity index (χ4n) is 6.53. The molecule has 388 valence electrons. The molecule has 0 heterocycles. The Morgan fingerprint density at radius 2 is 0.543 bits per heavy atom. The van der Waals surface area contributed by atoms with E-state index in [1.54, 1.807) is 0 Å². The number of carbonyl (C=O) groups is 3. The quantitative estimate of drug-likeness (QED) is 0.0262. The topological polar surface area (TPSA) is 78.9 Å². The molecule has 0 aliphatic rings. The summed E-state index contributed by atoms with van der Waals surface area (Å²) in [5.41, 5.74) is 0. The molecule has 0 bridgehead atoms. The number of unbranched alkanes of at least 4 members (excludes halogenated alkanes) is 7. The molecule has 0 N–H and O–H groups in total. The van der Waals surface area contributed by atoms with Gasteiger partial charge in [0.05, 0.1) is 0 Å².